The molecule has 2 amide bonds. The SMILES string of the molecule is COc1cccc(CC(=O)N[C@@H]2CCC[C@@H](NC(=O)c3cnccn3)C2)c1. The van der Waals surface area contributed by atoms with Crippen LogP contribution >= 0.6 is 0 Å². The first kappa shape index (κ1) is 18.8. The monoisotopic (exact) mass is 368 g/mol. The highest BCUT2D eigenvalue weighted by Crippen LogP contribution is 2.19. The van der Waals surface area contributed by atoms with Gasteiger partial charge in [0.1, 0.15) is 11.4 Å². The lowest BCUT2D eigenvalue weighted by Crippen LogP contribution is -2.46. The van der Waals surface area contributed by atoms with Crippen molar-refractivity contribution in [3.63, 3.8) is 0 Å². The molecule has 1 aliphatic carbocycles. The first-order valence-electron chi connectivity index (χ1n) is 9.13. The Kier molecular flexibility index (Phi) is 6.35. The molecule has 1 saturated carbocycles. The van der Waals surface area contributed by atoms with Gasteiger partial charge in [-0.1, -0.05) is 12.1 Å². The van der Waals surface area contributed by atoms with Gasteiger partial charge in [0.2, 0.25) is 5.91 Å². The molecule has 1 fully saturated rings. The highest BCUT2D eigenvalue weighted by molar-refractivity contribution is 5.92. The summed E-state index contributed by atoms with van der Waals surface area (Å²) in [6.45, 7) is 0. The van der Waals surface area contributed by atoms with Gasteiger partial charge in [0.15, 0.2) is 0 Å². The molecule has 2 atom stereocenters. The molecule has 3 rings (SSSR count). The van der Waals surface area contributed by atoms with Crippen molar-refractivity contribution in [3.05, 3.63) is 54.1 Å². The third-order valence-corrected chi connectivity index (χ3v) is 4.67. The van der Waals surface area contributed by atoms with Crippen molar-refractivity contribution < 1.29 is 14.3 Å². The second-order valence-corrected chi connectivity index (χ2v) is 6.72. The second-order valence-electron chi connectivity index (χ2n) is 6.72. The first-order valence-corrected chi connectivity index (χ1v) is 9.13. The molecule has 27 heavy (non-hydrogen) atoms. The van der Waals surface area contributed by atoms with Gasteiger partial charge in [-0.05, 0) is 43.4 Å². The van der Waals surface area contributed by atoms with E-state index >= 15 is 0 Å². The van der Waals surface area contributed by atoms with Crippen LogP contribution in [0.3, 0.4) is 0 Å². The molecular formula is C20H24N4O3. The Labute approximate surface area is 158 Å². The summed E-state index contributed by atoms with van der Waals surface area (Å²) in [5.74, 6) is 0.496. The van der Waals surface area contributed by atoms with E-state index in [-0.39, 0.29) is 23.9 Å². The minimum absolute atomic E-state index is 0.0193. The number of carbonyl (C=O) groups excluding carboxylic acids is 2. The predicted octanol–water partition coefficient (Wildman–Crippen LogP) is 1.89. The number of carbonyl (C=O) groups is 2. The number of methoxy groups -OCH3 is 1. The van der Waals surface area contributed by atoms with E-state index in [0.717, 1.165) is 37.0 Å². The van der Waals surface area contributed by atoms with Crippen molar-refractivity contribution >= 4 is 11.8 Å². The molecule has 0 aliphatic heterocycles. The second kappa shape index (κ2) is 9.12. The maximum Gasteiger partial charge on any atom is 0.271 e. The van der Waals surface area contributed by atoms with Gasteiger partial charge >= 0.3 is 0 Å². The van der Waals surface area contributed by atoms with Crippen LogP contribution in [-0.4, -0.2) is 41.0 Å². The number of hydrogen-bond acceptors (Lipinski definition) is 5. The summed E-state index contributed by atoms with van der Waals surface area (Å²) in [7, 11) is 1.61. The van der Waals surface area contributed by atoms with Crippen LogP contribution in [0.15, 0.2) is 42.9 Å². The van der Waals surface area contributed by atoms with E-state index in [1.165, 1.54) is 18.6 Å². The first-order chi connectivity index (χ1) is 13.1. The molecule has 0 spiro atoms. The molecule has 0 bridgehead atoms. The lowest BCUT2D eigenvalue weighted by molar-refractivity contribution is -0.121. The van der Waals surface area contributed by atoms with E-state index in [4.69, 9.17) is 4.74 Å². The number of benzene rings is 1. The van der Waals surface area contributed by atoms with Gasteiger partial charge in [-0.3, -0.25) is 14.6 Å². The number of hydrogen-bond donors (Lipinski definition) is 2. The molecule has 1 aliphatic rings. The Balaban J connectivity index is 1.50. The summed E-state index contributed by atoms with van der Waals surface area (Å²) in [6.07, 6.45) is 8.28. The van der Waals surface area contributed by atoms with Gasteiger partial charge in [-0.15, -0.1) is 0 Å². The van der Waals surface area contributed by atoms with E-state index in [0.29, 0.717) is 12.1 Å². The van der Waals surface area contributed by atoms with E-state index in [1.807, 2.05) is 24.3 Å². The Morgan fingerprint density at radius 1 is 1.19 bits per heavy atom. The summed E-state index contributed by atoms with van der Waals surface area (Å²) in [4.78, 5) is 32.5. The molecule has 2 N–H and O–H groups in total. The van der Waals surface area contributed by atoms with Crippen molar-refractivity contribution in [2.45, 2.75) is 44.2 Å². The van der Waals surface area contributed by atoms with Crippen LogP contribution in [0.1, 0.15) is 41.7 Å². The molecule has 1 aromatic heterocycles. The van der Waals surface area contributed by atoms with E-state index in [2.05, 4.69) is 20.6 Å². The van der Waals surface area contributed by atoms with Crippen LogP contribution in [0.25, 0.3) is 0 Å². The summed E-state index contributed by atoms with van der Waals surface area (Å²) in [5.41, 5.74) is 1.22. The predicted molar refractivity (Wildman–Crippen MR) is 100 cm³/mol. The average Bonchev–Trinajstić information content (AvgIpc) is 2.69. The number of nitrogens with zero attached hydrogens (tertiary/aromatic N) is 2. The van der Waals surface area contributed by atoms with Crippen LogP contribution in [0.4, 0.5) is 0 Å². The van der Waals surface area contributed by atoms with Crippen LogP contribution < -0.4 is 15.4 Å². The van der Waals surface area contributed by atoms with Crippen molar-refractivity contribution in [2.24, 2.45) is 0 Å². The summed E-state index contributed by atoms with van der Waals surface area (Å²) < 4.78 is 5.19. The van der Waals surface area contributed by atoms with E-state index in [9.17, 15) is 9.59 Å². The number of aromatic nitrogens is 2. The van der Waals surface area contributed by atoms with Gasteiger partial charge in [-0.2, -0.15) is 0 Å². The fourth-order valence-corrected chi connectivity index (χ4v) is 3.37. The zero-order chi connectivity index (χ0) is 19.1. The number of nitrogens with one attached hydrogen (secondary N) is 2. The Hall–Kier alpha value is -2.96. The lowest BCUT2D eigenvalue weighted by Gasteiger charge is -2.30. The molecule has 0 radical (unpaired) electrons. The standard InChI is InChI=1S/C20H24N4O3/c1-27-17-7-2-4-14(10-17)11-19(25)23-15-5-3-6-16(12-15)24-20(26)18-13-21-8-9-22-18/h2,4,7-10,13,15-16H,3,5-6,11-12H2,1H3,(H,23,25)(H,24,26)/t15-,16-/m1/s1. The maximum atomic E-state index is 12.4. The smallest absolute Gasteiger partial charge is 0.271 e. The average molecular weight is 368 g/mol. The van der Waals surface area contributed by atoms with Crippen LogP contribution in [-0.2, 0) is 11.2 Å². The zero-order valence-corrected chi connectivity index (χ0v) is 15.4. The van der Waals surface area contributed by atoms with Gasteiger partial charge in [0.05, 0.1) is 19.7 Å². The summed E-state index contributed by atoms with van der Waals surface area (Å²) in [5, 5.41) is 6.08. The fourth-order valence-electron chi connectivity index (χ4n) is 3.37. The Bertz CT molecular complexity index is 782. The minimum atomic E-state index is -0.226. The topological polar surface area (TPSA) is 93.2 Å². The Morgan fingerprint density at radius 3 is 2.74 bits per heavy atom. The molecule has 7 nitrogen and oxygen atoms in total. The minimum Gasteiger partial charge on any atom is -0.497 e. The van der Waals surface area contributed by atoms with Crippen LogP contribution in [0, 0.1) is 0 Å². The quantitative estimate of drug-likeness (QED) is 0.812. The number of ether oxygens (including phenoxy) is 1. The van der Waals surface area contributed by atoms with Gasteiger partial charge in [0, 0.05) is 24.5 Å². The third-order valence-electron chi connectivity index (χ3n) is 4.67. The Morgan fingerprint density at radius 2 is 2.00 bits per heavy atom. The molecule has 0 unspecified atom stereocenters. The largest absolute Gasteiger partial charge is 0.497 e. The van der Waals surface area contributed by atoms with E-state index < -0.39 is 0 Å². The fraction of sp³-hybridized carbons (Fsp3) is 0.400. The number of rotatable bonds is 6. The zero-order valence-electron chi connectivity index (χ0n) is 15.4. The summed E-state index contributed by atoms with van der Waals surface area (Å²) >= 11 is 0. The molecule has 0 saturated heterocycles. The summed E-state index contributed by atoms with van der Waals surface area (Å²) in [6, 6.07) is 7.59. The lowest BCUT2D eigenvalue weighted by atomic mass is 9.90. The van der Waals surface area contributed by atoms with Crippen molar-refractivity contribution in [2.75, 3.05) is 7.11 Å². The van der Waals surface area contributed by atoms with Crippen LogP contribution in [0.2, 0.25) is 0 Å². The van der Waals surface area contributed by atoms with E-state index in [1.54, 1.807) is 7.11 Å². The van der Waals surface area contributed by atoms with Gasteiger partial charge < -0.3 is 15.4 Å². The maximum absolute atomic E-state index is 12.4. The van der Waals surface area contributed by atoms with Crippen LogP contribution in [0.5, 0.6) is 5.75 Å². The van der Waals surface area contributed by atoms with Gasteiger partial charge in [-0.25, -0.2) is 4.98 Å². The third kappa shape index (κ3) is 5.51. The molecule has 2 aromatic rings. The molecular weight excluding hydrogens is 344 g/mol. The van der Waals surface area contributed by atoms with Crippen molar-refractivity contribution in [1.29, 1.82) is 0 Å². The molecule has 1 aromatic carbocycles. The van der Waals surface area contributed by atoms with Crippen molar-refractivity contribution in [1.82, 2.24) is 20.6 Å². The highest BCUT2D eigenvalue weighted by atomic mass is 16.5. The molecule has 1 heterocycles. The molecule has 7 heteroatoms. The van der Waals surface area contributed by atoms with Crippen molar-refractivity contribution in [3.8, 4) is 5.75 Å². The molecule has 142 valence electrons. The highest BCUT2D eigenvalue weighted by Gasteiger charge is 2.25. The normalized spacial score (nSPS) is 19.1. The number of amides is 2. The van der Waals surface area contributed by atoms with Gasteiger partial charge in [0.25, 0.3) is 5.91 Å².